The zero-order valence-corrected chi connectivity index (χ0v) is 9.76. The van der Waals surface area contributed by atoms with E-state index in [1.54, 1.807) is 0 Å². The highest BCUT2D eigenvalue weighted by atomic mass is 15.2. The number of pyridine rings is 2. The van der Waals surface area contributed by atoms with Crippen LogP contribution >= 0.6 is 0 Å². The zero-order chi connectivity index (χ0) is 11.5. The van der Waals surface area contributed by atoms with E-state index < -0.39 is 0 Å². The molecule has 0 aromatic carbocycles. The third-order valence-corrected chi connectivity index (χ3v) is 3.25. The van der Waals surface area contributed by atoms with Crippen molar-refractivity contribution in [3.63, 3.8) is 0 Å². The Morgan fingerprint density at radius 3 is 2.88 bits per heavy atom. The van der Waals surface area contributed by atoms with Gasteiger partial charge in [-0.25, -0.2) is 0 Å². The largest absolute Gasteiger partial charge is 0.314 e. The van der Waals surface area contributed by atoms with Gasteiger partial charge in [0, 0.05) is 68.3 Å². The van der Waals surface area contributed by atoms with Crippen molar-refractivity contribution in [1.29, 1.82) is 0 Å². The van der Waals surface area contributed by atoms with Gasteiger partial charge in [0.1, 0.15) is 0 Å². The molecule has 88 valence electrons. The minimum atomic E-state index is 0.970. The van der Waals surface area contributed by atoms with Gasteiger partial charge >= 0.3 is 0 Å². The fourth-order valence-electron chi connectivity index (χ4n) is 2.30. The van der Waals surface area contributed by atoms with Crippen molar-refractivity contribution in [1.82, 2.24) is 20.2 Å². The first-order chi connectivity index (χ1) is 8.43. The predicted molar refractivity (Wildman–Crippen MR) is 67.7 cm³/mol. The van der Waals surface area contributed by atoms with Crippen LogP contribution in [0.4, 0.5) is 0 Å². The fraction of sp³-hybridized carbons (Fsp3) is 0.385. The Morgan fingerprint density at radius 2 is 2.00 bits per heavy atom. The van der Waals surface area contributed by atoms with Gasteiger partial charge in [-0.1, -0.05) is 0 Å². The quantitative estimate of drug-likeness (QED) is 0.833. The summed E-state index contributed by atoms with van der Waals surface area (Å²) in [6, 6.07) is 2.02. The Kier molecular flexibility index (Phi) is 2.98. The van der Waals surface area contributed by atoms with E-state index in [4.69, 9.17) is 0 Å². The minimum Gasteiger partial charge on any atom is -0.314 e. The molecule has 1 aliphatic heterocycles. The number of fused-ring (bicyclic) bond motifs is 1. The molecule has 1 fully saturated rings. The van der Waals surface area contributed by atoms with Crippen molar-refractivity contribution in [2.45, 2.75) is 6.54 Å². The first-order valence-electron chi connectivity index (χ1n) is 6.03. The summed E-state index contributed by atoms with van der Waals surface area (Å²) in [5.74, 6) is 0. The lowest BCUT2D eigenvalue weighted by Gasteiger charge is -2.27. The van der Waals surface area contributed by atoms with Gasteiger partial charge in [0.25, 0.3) is 0 Å². The van der Waals surface area contributed by atoms with Gasteiger partial charge in [-0.05, 0) is 11.6 Å². The molecule has 3 heterocycles. The Balaban J connectivity index is 1.89. The second-order valence-electron chi connectivity index (χ2n) is 4.42. The van der Waals surface area contributed by atoms with E-state index in [1.165, 1.54) is 16.3 Å². The standard InChI is InChI=1S/C13H16N4/c1-2-15-9-13-11(1)7-16-8-12(13)10-17-5-3-14-4-6-17/h1-2,7-9,14H,3-6,10H2. The SMILES string of the molecule is c1cc2cncc(CN3CCNCC3)c2cn1. The maximum atomic E-state index is 4.31. The number of aromatic nitrogens is 2. The molecule has 0 unspecified atom stereocenters. The lowest BCUT2D eigenvalue weighted by atomic mass is 10.1. The highest BCUT2D eigenvalue weighted by Crippen LogP contribution is 2.17. The Bertz CT molecular complexity index is 500. The molecule has 1 saturated heterocycles. The molecule has 17 heavy (non-hydrogen) atoms. The van der Waals surface area contributed by atoms with Crippen LogP contribution in [0.25, 0.3) is 10.8 Å². The summed E-state index contributed by atoms with van der Waals surface area (Å²) in [7, 11) is 0. The van der Waals surface area contributed by atoms with Crippen LogP contribution in [0.2, 0.25) is 0 Å². The number of hydrogen-bond donors (Lipinski definition) is 1. The molecule has 0 radical (unpaired) electrons. The minimum absolute atomic E-state index is 0.970. The van der Waals surface area contributed by atoms with Gasteiger partial charge in [-0.2, -0.15) is 0 Å². The molecule has 0 amide bonds. The van der Waals surface area contributed by atoms with Crippen LogP contribution in [0, 0.1) is 0 Å². The van der Waals surface area contributed by atoms with E-state index in [0.717, 1.165) is 32.7 Å². The van der Waals surface area contributed by atoms with Crippen LogP contribution in [-0.2, 0) is 6.54 Å². The molecule has 4 nitrogen and oxygen atoms in total. The monoisotopic (exact) mass is 228 g/mol. The third kappa shape index (κ3) is 2.28. The summed E-state index contributed by atoms with van der Waals surface area (Å²) in [5, 5.41) is 5.76. The van der Waals surface area contributed by atoms with E-state index in [0.29, 0.717) is 0 Å². The topological polar surface area (TPSA) is 41.1 Å². The highest BCUT2D eigenvalue weighted by Gasteiger charge is 2.11. The average molecular weight is 228 g/mol. The molecular weight excluding hydrogens is 212 g/mol. The van der Waals surface area contributed by atoms with E-state index in [1.807, 2.05) is 30.9 Å². The van der Waals surface area contributed by atoms with E-state index in [-0.39, 0.29) is 0 Å². The predicted octanol–water partition coefficient (Wildman–Crippen LogP) is 1.03. The van der Waals surface area contributed by atoms with Crippen molar-refractivity contribution >= 4 is 10.8 Å². The fourth-order valence-corrected chi connectivity index (χ4v) is 2.30. The summed E-state index contributed by atoms with van der Waals surface area (Å²) in [6.07, 6.45) is 7.62. The van der Waals surface area contributed by atoms with Crippen LogP contribution in [0.15, 0.2) is 30.9 Å². The molecule has 0 atom stereocenters. The maximum Gasteiger partial charge on any atom is 0.0350 e. The van der Waals surface area contributed by atoms with Gasteiger partial charge in [-0.3, -0.25) is 14.9 Å². The molecule has 4 heteroatoms. The Labute approximate surface area is 101 Å². The van der Waals surface area contributed by atoms with Crippen molar-refractivity contribution in [2.75, 3.05) is 26.2 Å². The number of rotatable bonds is 2. The molecule has 0 spiro atoms. The second-order valence-corrected chi connectivity index (χ2v) is 4.42. The molecule has 1 aliphatic rings. The van der Waals surface area contributed by atoms with Crippen LogP contribution < -0.4 is 5.32 Å². The normalized spacial score (nSPS) is 17.4. The molecule has 0 saturated carbocycles. The van der Waals surface area contributed by atoms with Gasteiger partial charge in [0.05, 0.1) is 0 Å². The third-order valence-electron chi connectivity index (χ3n) is 3.25. The summed E-state index contributed by atoms with van der Waals surface area (Å²) in [6.45, 7) is 5.35. The first kappa shape index (κ1) is 10.6. The zero-order valence-electron chi connectivity index (χ0n) is 9.76. The highest BCUT2D eigenvalue weighted by molar-refractivity contribution is 5.83. The summed E-state index contributed by atoms with van der Waals surface area (Å²) < 4.78 is 0. The summed E-state index contributed by atoms with van der Waals surface area (Å²) >= 11 is 0. The van der Waals surface area contributed by atoms with E-state index >= 15 is 0 Å². The summed E-state index contributed by atoms with van der Waals surface area (Å²) in [4.78, 5) is 11.0. The molecule has 0 aliphatic carbocycles. The van der Waals surface area contributed by atoms with Crippen LogP contribution in [0.5, 0.6) is 0 Å². The van der Waals surface area contributed by atoms with Gasteiger partial charge in [0.15, 0.2) is 0 Å². The van der Waals surface area contributed by atoms with Crippen LogP contribution in [-0.4, -0.2) is 41.0 Å². The Morgan fingerprint density at radius 1 is 1.12 bits per heavy atom. The van der Waals surface area contributed by atoms with Gasteiger partial charge in [0.2, 0.25) is 0 Å². The summed E-state index contributed by atoms with van der Waals surface area (Å²) in [5.41, 5.74) is 1.28. The molecular formula is C13H16N4. The van der Waals surface area contributed by atoms with Crippen molar-refractivity contribution in [3.05, 3.63) is 36.4 Å². The van der Waals surface area contributed by atoms with E-state index in [2.05, 4.69) is 20.2 Å². The second kappa shape index (κ2) is 4.77. The molecule has 2 aromatic heterocycles. The number of piperazine rings is 1. The first-order valence-corrected chi connectivity index (χ1v) is 6.03. The van der Waals surface area contributed by atoms with Gasteiger partial charge < -0.3 is 5.32 Å². The van der Waals surface area contributed by atoms with Crippen molar-refractivity contribution in [3.8, 4) is 0 Å². The molecule has 0 bridgehead atoms. The lowest BCUT2D eigenvalue weighted by molar-refractivity contribution is 0.234. The molecule has 2 aromatic rings. The molecule has 3 rings (SSSR count). The number of hydrogen-bond acceptors (Lipinski definition) is 4. The van der Waals surface area contributed by atoms with Crippen molar-refractivity contribution < 1.29 is 0 Å². The maximum absolute atomic E-state index is 4.31. The number of nitrogens with zero attached hydrogens (tertiary/aromatic N) is 3. The van der Waals surface area contributed by atoms with Gasteiger partial charge in [-0.15, -0.1) is 0 Å². The van der Waals surface area contributed by atoms with Crippen LogP contribution in [0.3, 0.4) is 0 Å². The van der Waals surface area contributed by atoms with Crippen LogP contribution in [0.1, 0.15) is 5.56 Å². The Hall–Kier alpha value is -1.52. The lowest BCUT2D eigenvalue weighted by Crippen LogP contribution is -2.42. The average Bonchev–Trinajstić information content (AvgIpc) is 2.40. The molecule has 1 N–H and O–H groups in total. The number of nitrogens with one attached hydrogen (secondary N) is 1. The smallest absolute Gasteiger partial charge is 0.0350 e. The van der Waals surface area contributed by atoms with E-state index in [9.17, 15) is 0 Å². The van der Waals surface area contributed by atoms with Crippen molar-refractivity contribution in [2.24, 2.45) is 0 Å².